The molecule has 0 amide bonds. The zero-order valence-electron chi connectivity index (χ0n) is 10.7. The highest BCUT2D eigenvalue weighted by Gasteiger charge is 2.31. The maximum absolute atomic E-state index is 12.5. The van der Waals surface area contributed by atoms with E-state index in [-0.39, 0.29) is 5.69 Å². The Balaban J connectivity index is 2.01. The third-order valence-corrected chi connectivity index (χ3v) is 3.44. The normalized spacial score (nSPS) is 20.7. The molecule has 3 nitrogen and oxygen atoms in total. The molecule has 0 aliphatic carbocycles. The highest BCUT2D eigenvalue weighted by atomic mass is 19.4. The molecule has 1 aromatic carbocycles. The minimum atomic E-state index is -4.38. The Morgan fingerprint density at radius 1 is 1.42 bits per heavy atom. The fraction of sp³-hybridized carbons (Fsp3) is 0.538. The van der Waals surface area contributed by atoms with E-state index in [9.17, 15) is 13.2 Å². The fourth-order valence-corrected chi connectivity index (χ4v) is 2.23. The summed E-state index contributed by atoms with van der Waals surface area (Å²) in [7, 11) is 2.01. The maximum atomic E-state index is 12.5. The molecular formula is C13H17F3N2O. The Kier molecular flexibility index (Phi) is 3.89. The number of nitrogens with zero attached hydrogens (tertiary/aromatic N) is 1. The van der Waals surface area contributed by atoms with Crippen molar-refractivity contribution in [3.63, 3.8) is 0 Å². The highest BCUT2D eigenvalue weighted by molar-refractivity contribution is 5.54. The van der Waals surface area contributed by atoms with Gasteiger partial charge >= 0.3 is 6.18 Å². The van der Waals surface area contributed by atoms with Gasteiger partial charge in [0.05, 0.1) is 11.3 Å². The minimum Gasteiger partial charge on any atom is -0.490 e. The van der Waals surface area contributed by atoms with Crippen LogP contribution in [0.3, 0.4) is 0 Å². The van der Waals surface area contributed by atoms with Gasteiger partial charge in [0, 0.05) is 6.04 Å². The lowest BCUT2D eigenvalue weighted by molar-refractivity contribution is -0.137. The molecule has 106 valence electrons. The molecule has 1 fully saturated rings. The van der Waals surface area contributed by atoms with Crippen molar-refractivity contribution in [1.29, 1.82) is 0 Å². The smallest absolute Gasteiger partial charge is 0.416 e. The second-order valence-electron chi connectivity index (χ2n) is 4.84. The van der Waals surface area contributed by atoms with E-state index >= 15 is 0 Å². The number of ether oxygens (including phenoxy) is 1. The summed E-state index contributed by atoms with van der Waals surface area (Å²) >= 11 is 0. The van der Waals surface area contributed by atoms with Gasteiger partial charge in [0.1, 0.15) is 12.4 Å². The first-order valence-corrected chi connectivity index (χ1v) is 6.17. The average molecular weight is 274 g/mol. The summed E-state index contributed by atoms with van der Waals surface area (Å²) in [5.41, 5.74) is 4.87. The van der Waals surface area contributed by atoms with Crippen molar-refractivity contribution in [2.75, 3.05) is 25.9 Å². The molecule has 19 heavy (non-hydrogen) atoms. The van der Waals surface area contributed by atoms with Crippen LogP contribution in [0.1, 0.15) is 18.4 Å². The molecule has 1 unspecified atom stereocenters. The second kappa shape index (κ2) is 5.28. The molecule has 2 N–H and O–H groups in total. The van der Waals surface area contributed by atoms with Crippen molar-refractivity contribution in [2.45, 2.75) is 25.1 Å². The zero-order valence-corrected chi connectivity index (χ0v) is 10.7. The molecular weight excluding hydrogens is 257 g/mol. The van der Waals surface area contributed by atoms with Gasteiger partial charge in [-0.15, -0.1) is 0 Å². The zero-order chi connectivity index (χ0) is 14.0. The van der Waals surface area contributed by atoms with Crippen molar-refractivity contribution < 1.29 is 17.9 Å². The Hall–Kier alpha value is -1.43. The quantitative estimate of drug-likeness (QED) is 0.861. The van der Waals surface area contributed by atoms with E-state index in [1.165, 1.54) is 6.07 Å². The largest absolute Gasteiger partial charge is 0.490 e. The van der Waals surface area contributed by atoms with E-state index in [0.717, 1.165) is 31.5 Å². The summed E-state index contributed by atoms with van der Waals surface area (Å²) in [5.74, 6) is 0.313. The first-order valence-electron chi connectivity index (χ1n) is 6.17. The first-order chi connectivity index (χ1) is 8.88. The number of halogens is 3. The van der Waals surface area contributed by atoms with E-state index in [4.69, 9.17) is 10.5 Å². The monoisotopic (exact) mass is 274 g/mol. The molecule has 2 rings (SSSR count). The number of alkyl halides is 3. The number of hydrogen-bond acceptors (Lipinski definition) is 3. The van der Waals surface area contributed by atoms with Crippen LogP contribution in [0.4, 0.5) is 18.9 Å². The predicted octanol–water partition coefficient (Wildman–Crippen LogP) is 2.76. The Bertz CT molecular complexity index is 448. The van der Waals surface area contributed by atoms with Crippen molar-refractivity contribution in [3.8, 4) is 5.75 Å². The van der Waals surface area contributed by atoms with Gasteiger partial charge in [0.25, 0.3) is 0 Å². The van der Waals surface area contributed by atoms with Gasteiger partial charge in [-0.2, -0.15) is 13.2 Å². The topological polar surface area (TPSA) is 38.5 Å². The number of likely N-dealkylation sites (N-methyl/N-ethyl adjacent to an activating group) is 1. The van der Waals surface area contributed by atoms with Gasteiger partial charge in [-0.3, -0.25) is 0 Å². The Morgan fingerprint density at radius 3 is 2.68 bits per heavy atom. The Labute approximate surface area is 110 Å². The van der Waals surface area contributed by atoms with Crippen molar-refractivity contribution >= 4 is 5.69 Å². The van der Waals surface area contributed by atoms with Crippen LogP contribution >= 0.6 is 0 Å². The summed E-state index contributed by atoms with van der Waals surface area (Å²) in [5, 5.41) is 0. The van der Waals surface area contributed by atoms with Crippen LogP contribution in [-0.4, -0.2) is 31.1 Å². The summed E-state index contributed by atoms with van der Waals surface area (Å²) < 4.78 is 43.0. The van der Waals surface area contributed by atoms with E-state index in [0.29, 0.717) is 18.4 Å². The summed E-state index contributed by atoms with van der Waals surface area (Å²) in [4.78, 5) is 2.18. The predicted molar refractivity (Wildman–Crippen MR) is 67.0 cm³/mol. The number of rotatable bonds is 3. The summed E-state index contributed by atoms with van der Waals surface area (Å²) in [6.07, 6.45) is -2.22. The maximum Gasteiger partial charge on any atom is 0.416 e. The van der Waals surface area contributed by atoms with Crippen LogP contribution < -0.4 is 10.5 Å². The molecule has 0 aromatic heterocycles. The van der Waals surface area contributed by atoms with Crippen LogP contribution in [0, 0.1) is 0 Å². The van der Waals surface area contributed by atoms with Crippen molar-refractivity contribution in [1.82, 2.24) is 4.90 Å². The van der Waals surface area contributed by atoms with Crippen LogP contribution in [0.15, 0.2) is 18.2 Å². The molecule has 0 spiro atoms. The lowest BCUT2D eigenvalue weighted by Gasteiger charge is -2.20. The third kappa shape index (κ3) is 3.32. The molecule has 1 saturated heterocycles. The van der Waals surface area contributed by atoms with Gasteiger partial charge in [-0.05, 0) is 44.6 Å². The van der Waals surface area contributed by atoms with E-state index < -0.39 is 11.7 Å². The number of benzene rings is 1. The van der Waals surface area contributed by atoms with Gasteiger partial charge < -0.3 is 15.4 Å². The second-order valence-corrected chi connectivity index (χ2v) is 4.84. The van der Waals surface area contributed by atoms with Gasteiger partial charge in [0.15, 0.2) is 0 Å². The van der Waals surface area contributed by atoms with E-state index in [1.807, 2.05) is 7.05 Å². The summed E-state index contributed by atoms with van der Waals surface area (Å²) in [6.45, 7) is 1.47. The van der Waals surface area contributed by atoms with E-state index in [1.54, 1.807) is 0 Å². The van der Waals surface area contributed by atoms with Crippen LogP contribution in [-0.2, 0) is 6.18 Å². The van der Waals surface area contributed by atoms with Crippen LogP contribution in [0.25, 0.3) is 0 Å². The highest BCUT2D eigenvalue weighted by Crippen LogP contribution is 2.33. The Morgan fingerprint density at radius 2 is 2.16 bits per heavy atom. The molecule has 0 radical (unpaired) electrons. The lowest BCUT2D eigenvalue weighted by Crippen LogP contribution is -2.30. The number of nitrogen functional groups attached to an aromatic ring is 1. The molecule has 1 aromatic rings. The third-order valence-electron chi connectivity index (χ3n) is 3.44. The van der Waals surface area contributed by atoms with Crippen molar-refractivity contribution in [2.24, 2.45) is 0 Å². The average Bonchev–Trinajstić information content (AvgIpc) is 2.72. The molecule has 1 heterocycles. The first kappa shape index (κ1) is 14.0. The number of nitrogens with two attached hydrogens (primary N) is 1. The molecule has 1 aliphatic rings. The van der Waals surface area contributed by atoms with Crippen LogP contribution in [0.5, 0.6) is 5.75 Å². The SMILES string of the molecule is CN1CCCC1COc1ccc(C(F)(F)F)cc1N. The molecule has 1 aliphatic heterocycles. The summed E-state index contributed by atoms with van der Waals surface area (Å²) in [6, 6.07) is 3.49. The number of anilines is 1. The van der Waals surface area contributed by atoms with Gasteiger partial charge in [-0.25, -0.2) is 0 Å². The van der Waals surface area contributed by atoms with Gasteiger partial charge in [0.2, 0.25) is 0 Å². The minimum absolute atomic E-state index is 0.0236. The lowest BCUT2D eigenvalue weighted by atomic mass is 10.2. The number of hydrogen-bond donors (Lipinski definition) is 1. The number of likely N-dealkylation sites (tertiary alicyclic amines) is 1. The molecule has 0 bridgehead atoms. The van der Waals surface area contributed by atoms with Crippen molar-refractivity contribution in [3.05, 3.63) is 23.8 Å². The molecule has 1 atom stereocenters. The fourth-order valence-electron chi connectivity index (χ4n) is 2.23. The van der Waals surface area contributed by atoms with E-state index in [2.05, 4.69) is 4.90 Å². The molecule has 6 heteroatoms. The van der Waals surface area contributed by atoms with Gasteiger partial charge in [-0.1, -0.05) is 0 Å². The molecule has 0 saturated carbocycles. The van der Waals surface area contributed by atoms with Crippen LogP contribution in [0.2, 0.25) is 0 Å². The standard InChI is InChI=1S/C13H17F3N2O/c1-18-6-2-3-10(18)8-19-12-5-4-9(7-11(12)17)13(14,15)16/h4-5,7,10H,2-3,6,8,17H2,1H3.